The molecule has 1 heterocycles. The summed E-state index contributed by atoms with van der Waals surface area (Å²) in [4.78, 5) is 35.5. The fourth-order valence-corrected chi connectivity index (χ4v) is 3.98. The van der Waals surface area contributed by atoms with Gasteiger partial charge in [0, 0.05) is 5.92 Å². The van der Waals surface area contributed by atoms with Crippen molar-refractivity contribution < 1.29 is 14.4 Å². The van der Waals surface area contributed by atoms with E-state index in [1.165, 1.54) is 11.1 Å². The molecule has 1 atom stereocenters. The highest BCUT2D eigenvalue weighted by atomic mass is 16.2. The Bertz CT molecular complexity index is 694. The largest absolute Gasteiger partial charge is 0.349 e. The predicted molar refractivity (Wildman–Crippen MR) is 82.4 cm³/mol. The van der Waals surface area contributed by atoms with Gasteiger partial charge in [0.25, 0.3) is 5.91 Å². The molecule has 1 aromatic carbocycles. The molecule has 0 aromatic heterocycles. The topological polar surface area (TPSA) is 87.3 Å². The van der Waals surface area contributed by atoms with Crippen molar-refractivity contribution >= 4 is 17.8 Å². The minimum Gasteiger partial charge on any atom is -0.349 e. The summed E-state index contributed by atoms with van der Waals surface area (Å²) in [7, 11) is 0. The molecule has 3 N–H and O–H groups in total. The third-order valence-electron chi connectivity index (χ3n) is 5.26. The van der Waals surface area contributed by atoms with Gasteiger partial charge in [-0.05, 0) is 43.2 Å². The van der Waals surface area contributed by atoms with Crippen molar-refractivity contribution in [2.24, 2.45) is 5.92 Å². The van der Waals surface area contributed by atoms with Crippen molar-refractivity contribution in [3.63, 3.8) is 0 Å². The van der Waals surface area contributed by atoms with Gasteiger partial charge in [-0.2, -0.15) is 0 Å². The second-order valence-electron chi connectivity index (χ2n) is 6.75. The monoisotopic (exact) mass is 313 g/mol. The first-order valence-electron chi connectivity index (χ1n) is 8.09. The first kappa shape index (κ1) is 14.2. The van der Waals surface area contributed by atoms with Crippen LogP contribution in [0.15, 0.2) is 24.3 Å². The van der Waals surface area contributed by atoms with Crippen LogP contribution in [0.25, 0.3) is 0 Å². The smallest absolute Gasteiger partial charge is 0.322 e. The summed E-state index contributed by atoms with van der Waals surface area (Å²) in [5.41, 5.74) is 1.65. The molecule has 2 aliphatic carbocycles. The summed E-state index contributed by atoms with van der Waals surface area (Å²) in [6.45, 7) is 0. The molecule has 6 nitrogen and oxygen atoms in total. The molecule has 1 unspecified atom stereocenters. The van der Waals surface area contributed by atoms with E-state index in [1.807, 2.05) is 12.1 Å². The molecule has 1 saturated heterocycles. The highest BCUT2D eigenvalue weighted by Gasteiger charge is 2.57. The molecule has 1 spiro atoms. The van der Waals surface area contributed by atoms with Gasteiger partial charge in [0.15, 0.2) is 0 Å². The number of carbonyl (C=O) groups is 3. The van der Waals surface area contributed by atoms with Crippen LogP contribution >= 0.6 is 0 Å². The summed E-state index contributed by atoms with van der Waals surface area (Å²) in [5.74, 6) is -0.547. The summed E-state index contributed by atoms with van der Waals surface area (Å²) < 4.78 is 0. The van der Waals surface area contributed by atoms with E-state index >= 15 is 0 Å². The molecule has 1 saturated carbocycles. The van der Waals surface area contributed by atoms with E-state index in [2.05, 4.69) is 28.1 Å². The first-order chi connectivity index (χ1) is 11.1. The number of hydrogen-bond acceptors (Lipinski definition) is 3. The molecule has 1 aliphatic heterocycles. The third-order valence-corrected chi connectivity index (χ3v) is 5.26. The van der Waals surface area contributed by atoms with Gasteiger partial charge in [-0.25, -0.2) is 4.79 Å². The Balaban J connectivity index is 1.41. The number of fused-ring (bicyclic) bond motifs is 1. The van der Waals surface area contributed by atoms with E-state index in [-0.39, 0.29) is 23.8 Å². The fourth-order valence-electron chi connectivity index (χ4n) is 3.98. The molecule has 1 aromatic rings. The standard InChI is InChI=1S/C17H19N3O3/c21-14(11-8-17(9-11)15(22)19-16(23)20-17)18-13-7-3-5-10-4-1-2-6-12(10)13/h1-2,4,6,11,13H,3,5,7-9H2,(H,18,21)(H2,19,20,22,23). The molecule has 23 heavy (non-hydrogen) atoms. The first-order valence-corrected chi connectivity index (χ1v) is 8.09. The molecule has 0 bridgehead atoms. The van der Waals surface area contributed by atoms with Gasteiger partial charge in [-0.1, -0.05) is 24.3 Å². The number of hydrogen-bond donors (Lipinski definition) is 3. The number of amides is 4. The van der Waals surface area contributed by atoms with E-state index in [0.29, 0.717) is 12.8 Å². The Morgan fingerprint density at radius 1 is 1.22 bits per heavy atom. The zero-order chi connectivity index (χ0) is 16.0. The number of carbonyl (C=O) groups excluding carboxylic acids is 3. The summed E-state index contributed by atoms with van der Waals surface area (Å²) >= 11 is 0. The maximum absolute atomic E-state index is 12.5. The van der Waals surface area contributed by atoms with Crippen LogP contribution < -0.4 is 16.0 Å². The van der Waals surface area contributed by atoms with Crippen LogP contribution in [0.4, 0.5) is 4.79 Å². The normalized spacial score (nSPS) is 31.8. The van der Waals surface area contributed by atoms with Crippen molar-refractivity contribution in [1.29, 1.82) is 0 Å². The average molecular weight is 313 g/mol. The molecule has 4 rings (SSSR count). The molecule has 120 valence electrons. The Morgan fingerprint density at radius 3 is 2.74 bits per heavy atom. The van der Waals surface area contributed by atoms with Gasteiger partial charge < -0.3 is 10.6 Å². The lowest BCUT2D eigenvalue weighted by Gasteiger charge is -2.42. The van der Waals surface area contributed by atoms with E-state index in [1.54, 1.807) is 0 Å². The van der Waals surface area contributed by atoms with Crippen molar-refractivity contribution in [3.05, 3.63) is 35.4 Å². The molecule has 2 fully saturated rings. The average Bonchev–Trinajstić information content (AvgIpc) is 2.80. The Kier molecular flexibility index (Phi) is 3.14. The van der Waals surface area contributed by atoms with Crippen LogP contribution in [0, 0.1) is 5.92 Å². The number of nitrogens with one attached hydrogen (secondary N) is 3. The summed E-state index contributed by atoms with van der Waals surface area (Å²) in [6, 6.07) is 7.81. The van der Waals surface area contributed by atoms with Crippen LogP contribution in [0.3, 0.4) is 0 Å². The van der Waals surface area contributed by atoms with Gasteiger partial charge in [-0.15, -0.1) is 0 Å². The molecule has 6 heteroatoms. The fraction of sp³-hybridized carbons (Fsp3) is 0.471. The molecule has 4 amide bonds. The number of imide groups is 1. The van der Waals surface area contributed by atoms with Crippen molar-refractivity contribution in [1.82, 2.24) is 16.0 Å². The number of rotatable bonds is 2. The van der Waals surface area contributed by atoms with E-state index in [9.17, 15) is 14.4 Å². The maximum Gasteiger partial charge on any atom is 0.322 e. The van der Waals surface area contributed by atoms with Crippen LogP contribution in [-0.4, -0.2) is 23.4 Å². The minimum absolute atomic E-state index is 0.0220. The van der Waals surface area contributed by atoms with Gasteiger partial charge in [0.1, 0.15) is 5.54 Å². The highest BCUT2D eigenvalue weighted by Crippen LogP contribution is 2.40. The van der Waals surface area contributed by atoms with Crippen LogP contribution in [-0.2, 0) is 16.0 Å². The van der Waals surface area contributed by atoms with Crippen molar-refractivity contribution in [2.45, 2.75) is 43.7 Å². The number of benzene rings is 1. The Hall–Kier alpha value is -2.37. The predicted octanol–water partition coefficient (Wildman–Crippen LogP) is 1.17. The van der Waals surface area contributed by atoms with E-state index < -0.39 is 11.6 Å². The zero-order valence-electron chi connectivity index (χ0n) is 12.7. The molecular formula is C17H19N3O3. The van der Waals surface area contributed by atoms with Crippen LogP contribution in [0.5, 0.6) is 0 Å². The SMILES string of the molecule is O=C1NC(=O)C2(CC(C(=O)NC3CCCc4ccccc43)C2)N1. The van der Waals surface area contributed by atoms with Crippen molar-refractivity contribution in [2.75, 3.05) is 0 Å². The summed E-state index contributed by atoms with van der Waals surface area (Å²) in [6.07, 6.45) is 3.82. The molecular weight excluding hydrogens is 294 g/mol. The van der Waals surface area contributed by atoms with E-state index in [4.69, 9.17) is 0 Å². The van der Waals surface area contributed by atoms with Gasteiger partial charge in [0.2, 0.25) is 5.91 Å². The lowest BCUT2D eigenvalue weighted by atomic mass is 9.67. The Morgan fingerprint density at radius 2 is 2.00 bits per heavy atom. The molecule has 3 aliphatic rings. The van der Waals surface area contributed by atoms with Gasteiger partial charge >= 0.3 is 6.03 Å². The zero-order valence-corrected chi connectivity index (χ0v) is 12.7. The third kappa shape index (κ3) is 2.29. The van der Waals surface area contributed by atoms with E-state index in [0.717, 1.165) is 19.3 Å². The second kappa shape index (κ2) is 5.08. The number of urea groups is 1. The minimum atomic E-state index is -0.858. The van der Waals surface area contributed by atoms with Crippen molar-refractivity contribution in [3.8, 4) is 0 Å². The maximum atomic E-state index is 12.5. The lowest BCUT2D eigenvalue weighted by molar-refractivity contribution is -0.137. The van der Waals surface area contributed by atoms with Gasteiger partial charge in [0.05, 0.1) is 6.04 Å². The highest BCUT2D eigenvalue weighted by molar-refractivity contribution is 6.08. The second-order valence-corrected chi connectivity index (χ2v) is 6.75. The Labute approximate surface area is 134 Å². The number of aryl methyl sites for hydroxylation is 1. The van der Waals surface area contributed by atoms with Gasteiger partial charge in [-0.3, -0.25) is 14.9 Å². The molecule has 0 radical (unpaired) electrons. The summed E-state index contributed by atoms with van der Waals surface area (Å²) in [5, 5.41) is 8.01. The van der Waals surface area contributed by atoms with Crippen LogP contribution in [0.1, 0.15) is 42.9 Å². The van der Waals surface area contributed by atoms with Crippen LogP contribution in [0.2, 0.25) is 0 Å². The quantitative estimate of drug-likeness (QED) is 0.716. The lowest BCUT2D eigenvalue weighted by Crippen LogP contribution is -2.60.